The molecule has 1 aromatic carbocycles. The number of benzene rings is 1. The summed E-state index contributed by atoms with van der Waals surface area (Å²) in [6.07, 6.45) is 1.17. The van der Waals surface area contributed by atoms with E-state index in [0.717, 1.165) is 4.90 Å². The van der Waals surface area contributed by atoms with Crippen LogP contribution in [0.25, 0.3) is 0 Å². The van der Waals surface area contributed by atoms with Gasteiger partial charge in [-0.25, -0.2) is 0 Å². The average Bonchev–Trinajstić information content (AvgIpc) is 2.75. The molecule has 0 bridgehead atoms. The molecule has 1 aliphatic heterocycles. The number of likely N-dealkylation sites (tertiary alicyclic amines) is 1. The van der Waals surface area contributed by atoms with E-state index in [9.17, 15) is 19.5 Å². The van der Waals surface area contributed by atoms with Crippen molar-refractivity contribution in [3.05, 3.63) is 24.3 Å². The molecule has 0 spiro atoms. The zero-order valence-electron chi connectivity index (χ0n) is 12.6. The summed E-state index contributed by atoms with van der Waals surface area (Å²) < 4.78 is 0. The summed E-state index contributed by atoms with van der Waals surface area (Å²) in [6, 6.07) is 5.99. The lowest BCUT2D eigenvalue weighted by molar-refractivity contribution is -0.142. The van der Waals surface area contributed by atoms with E-state index in [0.29, 0.717) is 18.5 Å². The molecular weight excluding hydrogens is 444 g/mol. The van der Waals surface area contributed by atoms with E-state index >= 15 is 0 Å². The lowest BCUT2D eigenvalue weighted by Crippen LogP contribution is -2.38. The first-order valence-electron chi connectivity index (χ1n) is 7.59. The Balaban J connectivity index is 1.66. The number of phenolic OH excluding ortho intramolecular Hbond substituents is 1. The van der Waals surface area contributed by atoms with Gasteiger partial charge in [0.15, 0.2) is 0 Å². The molecule has 24 heavy (non-hydrogen) atoms. The number of nitrogens with one attached hydrogen (secondary N) is 1. The molecule has 1 heterocycles. The Hall–Kier alpha value is -1.41. The van der Waals surface area contributed by atoms with Crippen LogP contribution in [0.2, 0.25) is 0 Å². The molecule has 2 aliphatic rings. The fraction of sp³-hybridized carbons (Fsp3) is 0.438. The van der Waals surface area contributed by atoms with E-state index in [4.69, 9.17) is 0 Å². The molecular formula is C16H16Br2N2O4. The standard InChI is InChI=1S/C16H16Br2N2O4/c17-12-5-10-11(6-13(12)18)16(24)20(15(10)23)7-14(22)19-8-1-3-9(21)4-2-8/h1-4,10-13,21H,5-7H2,(H,19,22)/t10-,11+,12-,13-/m0/s1. The highest BCUT2D eigenvalue weighted by Crippen LogP contribution is 2.43. The van der Waals surface area contributed by atoms with Crippen LogP contribution in [0.5, 0.6) is 5.75 Å². The molecule has 0 unspecified atom stereocenters. The minimum Gasteiger partial charge on any atom is -0.508 e. The van der Waals surface area contributed by atoms with Crippen molar-refractivity contribution >= 4 is 55.3 Å². The van der Waals surface area contributed by atoms with Crippen LogP contribution in [0, 0.1) is 11.8 Å². The van der Waals surface area contributed by atoms with Crippen LogP contribution in [0.4, 0.5) is 5.69 Å². The average molecular weight is 460 g/mol. The van der Waals surface area contributed by atoms with Gasteiger partial charge in [-0.3, -0.25) is 19.3 Å². The first kappa shape index (κ1) is 17.4. The molecule has 2 fully saturated rings. The number of fused-ring (bicyclic) bond motifs is 1. The molecule has 1 saturated carbocycles. The first-order valence-corrected chi connectivity index (χ1v) is 9.42. The molecule has 1 aliphatic carbocycles. The summed E-state index contributed by atoms with van der Waals surface area (Å²) in [6.45, 7) is -0.286. The van der Waals surface area contributed by atoms with E-state index in [1.165, 1.54) is 12.1 Å². The van der Waals surface area contributed by atoms with E-state index < -0.39 is 5.91 Å². The van der Waals surface area contributed by atoms with Crippen LogP contribution in [0.1, 0.15) is 12.8 Å². The van der Waals surface area contributed by atoms with Crippen LogP contribution in [0.3, 0.4) is 0 Å². The zero-order valence-corrected chi connectivity index (χ0v) is 15.8. The Morgan fingerprint density at radius 1 is 1.08 bits per heavy atom. The van der Waals surface area contributed by atoms with E-state index in [1.807, 2.05) is 0 Å². The van der Waals surface area contributed by atoms with Gasteiger partial charge in [0, 0.05) is 15.3 Å². The Morgan fingerprint density at radius 3 is 2.08 bits per heavy atom. The fourth-order valence-electron chi connectivity index (χ4n) is 3.21. The maximum atomic E-state index is 12.5. The number of rotatable bonds is 3. The molecule has 6 nitrogen and oxygen atoms in total. The van der Waals surface area contributed by atoms with E-state index in [-0.39, 0.29) is 45.6 Å². The predicted octanol–water partition coefficient (Wildman–Crippen LogP) is 2.25. The molecule has 0 aromatic heterocycles. The number of hydrogen-bond donors (Lipinski definition) is 2. The summed E-state index contributed by atoms with van der Waals surface area (Å²) in [7, 11) is 0. The van der Waals surface area contributed by atoms with Gasteiger partial charge in [-0.05, 0) is 37.1 Å². The molecule has 3 rings (SSSR count). The number of aromatic hydroxyl groups is 1. The normalized spacial score (nSPS) is 29.5. The van der Waals surface area contributed by atoms with Gasteiger partial charge in [-0.2, -0.15) is 0 Å². The molecule has 8 heteroatoms. The third-order valence-electron chi connectivity index (χ3n) is 4.46. The summed E-state index contributed by atoms with van der Waals surface area (Å²) in [5.41, 5.74) is 0.496. The largest absolute Gasteiger partial charge is 0.508 e. The van der Waals surface area contributed by atoms with Crippen LogP contribution in [-0.2, 0) is 14.4 Å². The molecule has 4 atom stereocenters. The summed E-state index contributed by atoms with van der Waals surface area (Å²) in [4.78, 5) is 38.5. The summed E-state index contributed by atoms with van der Waals surface area (Å²) in [5.74, 6) is -1.58. The highest BCUT2D eigenvalue weighted by Gasteiger charge is 2.52. The maximum Gasteiger partial charge on any atom is 0.244 e. The van der Waals surface area contributed by atoms with Crippen molar-refractivity contribution in [1.29, 1.82) is 0 Å². The number of hydrogen-bond acceptors (Lipinski definition) is 4. The van der Waals surface area contributed by atoms with Gasteiger partial charge >= 0.3 is 0 Å². The second-order valence-electron chi connectivity index (χ2n) is 6.07. The van der Waals surface area contributed by atoms with Crippen molar-refractivity contribution in [3.8, 4) is 5.75 Å². The number of alkyl halides is 2. The van der Waals surface area contributed by atoms with Crippen molar-refractivity contribution in [3.63, 3.8) is 0 Å². The topological polar surface area (TPSA) is 86.7 Å². The molecule has 2 N–H and O–H groups in total. The monoisotopic (exact) mass is 458 g/mol. The number of phenols is 1. The van der Waals surface area contributed by atoms with Gasteiger partial charge in [0.2, 0.25) is 17.7 Å². The Kier molecular flexibility index (Phi) is 4.96. The number of halogens is 2. The van der Waals surface area contributed by atoms with E-state index in [2.05, 4.69) is 37.2 Å². The van der Waals surface area contributed by atoms with Gasteiger partial charge in [-0.15, -0.1) is 0 Å². The van der Waals surface area contributed by atoms with Gasteiger partial charge in [0.25, 0.3) is 0 Å². The Morgan fingerprint density at radius 2 is 1.58 bits per heavy atom. The predicted molar refractivity (Wildman–Crippen MR) is 95.1 cm³/mol. The molecule has 1 aromatic rings. The minimum absolute atomic E-state index is 0.0932. The molecule has 3 amide bonds. The minimum atomic E-state index is -0.438. The summed E-state index contributed by atoms with van der Waals surface area (Å²) in [5, 5.41) is 11.9. The number of anilines is 1. The molecule has 0 radical (unpaired) electrons. The first-order chi connectivity index (χ1) is 11.4. The number of carbonyl (C=O) groups excluding carboxylic acids is 3. The van der Waals surface area contributed by atoms with Gasteiger partial charge < -0.3 is 10.4 Å². The summed E-state index contributed by atoms with van der Waals surface area (Å²) >= 11 is 7.06. The van der Waals surface area contributed by atoms with Crippen molar-refractivity contribution in [1.82, 2.24) is 4.90 Å². The molecule has 1 saturated heterocycles. The lowest BCUT2D eigenvalue weighted by atomic mass is 9.81. The SMILES string of the molecule is O=C(CN1C(=O)[C@H]2C[C@H](Br)[C@@H](Br)C[C@H]2C1=O)Nc1ccc(O)cc1. The van der Waals surface area contributed by atoms with Crippen LogP contribution in [0.15, 0.2) is 24.3 Å². The van der Waals surface area contributed by atoms with Gasteiger partial charge in [0.1, 0.15) is 12.3 Å². The number of amides is 3. The quantitative estimate of drug-likeness (QED) is 0.412. The Bertz CT molecular complexity index is 651. The second kappa shape index (κ2) is 6.84. The van der Waals surface area contributed by atoms with E-state index in [1.54, 1.807) is 12.1 Å². The van der Waals surface area contributed by atoms with Crippen molar-refractivity contribution in [2.45, 2.75) is 22.5 Å². The van der Waals surface area contributed by atoms with Crippen LogP contribution < -0.4 is 5.32 Å². The number of imide groups is 1. The third kappa shape index (κ3) is 3.35. The van der Waals surface area contributed by atoms with Gasteiger partial charge in [-0.1, -0.05) is 31.9 Å². The molecule has 128 valence electrons. The number of carbonyl (C=O) groups is 3. The number of nitrogens with zero attached hydrogens (tertiary/aromatic N) is 1. The Labute approximate surface area is 155 Å². The second-order valence-corrected chi connectivity index (χ2v) is 8.43. The highest BCUT2D eigenvalue weighted by molar-refractivity contribution is 9.12. The van der Waals surface area contributed by atoms with Crippen molar-refractivity contribution in [2.24, 2.45) is 11.8 Å². The van der Waals surface area contributed by atoms with Crippen molar-refractivity contribution < 1.29 is 19.5 Å². The van der Waals surface area contributed by atoms with Gasteiger partial charge in [0.05, 0.1) is 11.8 Å². The highest BCUT2D eigenvalue weighted by atomic mass is 79.9. The zero-order chi connectivity index (χ0) is 17.4. The van der Waals surface area contributed by atoms with Crippen molar-refractivity contribution in [2.75, 3.05) is 11.9 Å². The maximum absolute atomic E-state index is 12.5. The fourth-order valence-corrected chi connectivity index (χ4v) is 4.45. The van der Waals surface area contributed by atoms with Crippen LogP contribution in [-0.4, -0.2) is 43.9 Å². The smallest absolute Gasteiger partial charge is 0.244 e. The lowest BCUT2D eigenvalue weighted by Gasteiger charge is -2.29. The third-order valence-corrected chi connectivity index (χ3v) is 7.19. The van der Waals surface area contributed by atoms with Crippen LogP contribution >= 0.6 is 31.9 Å².